The van der Waals surface area contributed by atoms with Crippen molar-refractivity contribution < 1.29 is 40.8 Å². The Morgan fingerprint density at radius 1 is 1.16 bits per heavy atom. The molecule has 1 heterocycles. The van der Waals surface area contributed by atoms with Crippen LogP contribution in [0.4, 0.5) is 0 Å². The first-order chi connectivity index (χ1) is 14.4. The predicted octanol–water partition coefficient (Wildman–Crippen LogP) is 5.24. The molecule has 1 aromatic heterocycles. The number of carbonyl (C=O) groups is 1. The number of ketones is 1. The molecule has 0 spiro atoms. The molecule has 0 saturated heterocycles. The first-order valence-corrected chi connectivity index (χ1v) is 10.0. The number of benzene rings is 2. The molecule has 5 nitrogen and oxygen atoms in total. The molecule has 0 saturated carbocycles. The Bertz CT molecular complexity index is 1010. The van der Waals surface area contributed by atoms with Crippen LogP contribution in [0.15, 0.2) is 82.4 Å². The van der Waals surface area contributed by atoms with Crippen LogP contribution in [-0.4, -0.2) is 28.1 Å². The van der Waals surface area contributed by atoms with Gasteiger partial charge in [0, 0.05) is 55.5 Å². The summed E-state index contributed by atoms with van der Waals surface area (Å²) in [4.78, 5) is 16.7. The molecule has 2 aromatic carbocycles. The number of methoxy groups -OCH3 is 1. The van der Waals surface area contributed by atoms with E-state index in [0.29, 0.717) is 5.75 Å². The zero-order valence-corrected chi connectivity index (χ0v) is 20.5. The Labute approximate surface area is 201 Å². The van der Waals surface area contributed by atoms with Crippen LogP contribution in [0.3, 0.4) is 0 Å². The van der Waals surface area contributed by atoms with E-state index in [1.54, 1.807) is 31.1 Å². The van der Waals surface area contributed by atoms with Crippen molar-refractivity contribution in [1.29, 1.82) is 0 Å². The molecule has 0 aliphatic heterocycles. The minimum atomic E-state index is -0.125. The third kappa shape index (κ3) is 9.09. The van der Waals surface area contributed by atoms with Crippen molar-refractivity contribution in [3.63, 3.8) is 0 Å². The first-order valence-electron chi connectivity index (χ1n) is 9.19. The second-order valence-corrected chi connectivity index (χ2v) is 7.43. The fourth-order valence-corrected chi connectivity index (χ4v) is 3.40. The maximum absolute atomic E-state index is 10.0. The van der Waals surface area contributed by atoms with Crippen molar-refractivity contribution in [2.24, 2.45) is 0 Å². The summed E-state index contributed by atoms with van der Waals surface area (Å²) in [5, 5.41) is 18.0. The third-order valence-corrected chi connectivity index (χ3v) is 4.78. The molecular formula is C24H24NO4PtS-. The molecule has 0 unspecified atom stereocenters. The van der Waals surface area contributed by atoms with Crippen molar-refractivity contribution >= 4 is 17.5 Å². The summed E-state index contributed by atoms with van der Waals surface area (Å²) >= 11 is 1.68. The predicted molar refractivity (Wildman–Crippen MR) is 119 cm³/mol. The zero-order chi connectivity index (χ0) is 21.9. The normalized spacial score (nSPS) is 10.4. The van der Waals surface area contributed by atoms with Crippen LogP contribution < -0.4 is 4.74 Å². The van der Waals surface area contributed by atoms with Gasteiger partial charge in [0.2, 0.25) is 0 Å². The van der Waals surface area contributed by atoms with Crippen molar-refractivity contribution in [2.45, 2.75) is 30.2 Å². The standard InChI is InChI=1S/C19H16NO2S.C5H8O2.Pt/c1-22-15-7-8-18(14(11-15)13-21)19-12-17(9-10-20-19)23-16-5-3-2-4-6-16;1-4(6)3-5(2)7;/h2-7,9-12,21H,13H2,1H3;3,6H,1-2H3;/q-1;;/b;4-3-;. The summed E-state index contributed by atoms with van der Waals surface area (Å²) in [7, 11) is 1.60. The summed E-state index contributed by atoms with van der Waals surface area (Å²) in [6.45, 7) is 2.77. The van der Waals surface area contributed by atoms with Crippen LogP contribution in [0, 0.1) is 6.07 Å². The molecular weight excluding hydrogens is 593 g/mol. The molecule has 0 aliphatic rings. The summed E-state index contributed by atoms with van der Waals surface area (Å²) in [5.41, 5.74) is 2.33. The van der Waals surface area contributed by atoms with Gasteiger partial charge in [0.15, 0.2) is 5.78 Å². The zero-order valence-electron chi connectivity index (χ0n) is 17.4. The number of allylic oxidation sites excluding steroid dienone is 2. The number of nitrogens with zero attached hydrogens (tertiary/aromatic N) is 1. The number of aliphatic hydroxyl groups excluding tert-OH is 2. The fourth-order valence-electron chi connectivity index (χ4n) is 2.53. The molecule has 2 N–H and O–H groups in total. The van der Waals surface area contributed by atoms with E-state index in [2.05, 4.69) is 23.2 Å². The summed E-state index contributed by atoms with van der Waals surface area (Å²) in [6, 6.07) is 20.9. The Morgan fingerprint density at radius 2 is 1.87 bits per heavy atom. The number of hydrogen-bond donors (Lipinski definition) is 2. The minimum absolute atomic E-state index is 0. The third-order valence-electron chi connectivity index (χ3n) is 3.78. The van der Waals surface area contributed by atoms with Gasteiger partial charge in [0.1, 0.15) is 0 Å². The molecule has 0 bridgehead atoms. The number of pyridine rings is 1. The van der Waals surface area contributed by atoms with Crippen LogP contribution in [-0.2, 0) is 32.5 Å². The van der Waals surface area contributed by atoms with Gasteiger partial charge in [-0.05, 0) is 37.7 Å². The van der Waals surface area contributed by atoms with Crippen molar-refractivity contribution in [2.75, 3.05) is 7.11 Å². The van der Waals surface area contributed by atoms with E-state index >= 15 is 0 Å². The van der Waals surface area contributed by atoms with E-state index < -0.39 is 0 Å². The Kier molecular flexibility index (Phi) is 11.9. The van der Waals surface area contributed by atoms with Gasteiger partial charge in [0.25, 0.3) is 0 Å². The van der Waals surface area contributed by atoms with E-state index in [4.69, 9.17) is 9.84 Å². The monoisotopic (exact) mass is 617 g/mol. The van der Waals surface area contributed by atoms with E-state index in [9.17, 15) is 9.90 Å². The molecule has 3 aromatic rings. The van der Waals surface area contributed by atoms with Crippen LogP contribution >= 0.6 is 11.8 Å². The summed E-state index contributed by atoms with van der Waals surface area (Å²) in [5.74, 6) is 0.611. The van der Waals surface area contributed by atoms with Gasteiger partial charge in [-0.25, -0.2) is 0 Å². The molecule has 166 valence electrons. The average Bonchev–Trinajstić information content (AvgIpc) is 2.73. The Hall–Kier alpha value is -2.40. The van der Waals surface area contributed by atoms with Gasteiger partial charge in [-0.3, -0.25) is 4.79 Å². The van der Waals surface area contributed by atoms with Crippen LogP contribution in [0.25, 0.3) is 11.3 Å². The van der Waals surface area contributed by atoms with Crippen molar-refractivity contribution in [1.82, 2.24) is 4.98 Å². The quantitative estimate of drug-likeness (QED) is 0.224. The van der Waals surface area contributed by atoms with Crippen LogP contribution in [0.2, 0.25) is 0 Å². The summed E-state index contributed by atoms with van der Waals surface area (Å²) < 4.78 is 5.18. The molecule has 0 aliphatic carbocycles. The fraction of sp³-hybridized carbons (Fsp3) is 0.167. The number of carbonyl (C=O) groups excluding carboxylic acids is 1. The maximum Gasteiger partial charge on any atom is 0.155 e. The topological polar surface area (TPSA) is 79.7 Å². The summed E-state index contributed by atoms with van der Waals surface area (Å²) in [6.07, 6.45) is 2.94. The van der Waals surface area contributed by atoms with Crippen molar-refractivity contribution in [3.05, 3.63) is 84.3 Å². The molecule has 7 heteroatoms. The maximum atomic E-state index is 10.0. The smallest absolute Gasteiger partial charge is 0.155 e. The molecule has 0 fully saturated rings. The molecule has 0 amide bonds. The van der Waals surface area contributed by atoms with Gasteiger partial charge < -0.3 is 19.9 Å². The Morgan fingerprint density at radius 3 is 2.42 bits per heavy atom. The minimum Gasteiger partial charge on any atom is -0.540 e. The SMILES string of the molecule is CC(=O)/C=C(/C)O.COc1c[c-]c(-c2cc(Sc3ccccc3)ccn2)c(CO)c1.[Pt]. The second-order valence-electron chi connectivity index (χ2n) is 6.29. The number of hydrogen-bond acceptors (Lipinski definition) is 6. The van der Waals surface area contributed by atoms with Gasteiger partial charge in [-0.2, -0.15) is 0 Å². The van der Waals surface area contributed by atoms with Crippen molar-refractivity contribution in [3.8, 4) is 17.0 Å². The van der Waals surface area contributed by atoms with E-state index in [-0.39, 0.29) is 39.2 Å². The number of aliphatic hydroxyl groups is 2. The largest absolute Gasteiger partial charge is 0.540 e. The second kappa shape index (κ2) is 13.8. The number of rotatable bonds is 6. The van der Waals surface area contributed by atoms with E-state index in [1.165, 1.54) is 24.8 Å². The molecule has 0 radical (unpaired) electrons. The molecule has 31 heavy (non-hydrogen) atoms. The van der Waals surface area contributed by atoms with Gasteiger partial charge >= 0.3 is 0 Å². The van der Waals surface area contributed by atoms with Gasteiger partial charge in [0.05, 0.1) is 12.9 Å². The Balaban J connectivity index is 0.000000523. The molecule has 3 rings (SSSR count). The van der Waals surface area contributed by atoms with E-state index in [1.807, 2.05) is 36.4 Å². The van der Waals surface area contributed by atoms with Gasteiger partial charge in [-0.1, -0.05) is 47.7 Å². The number of ether oxygens (including phenoxy) is 1. The van der Waals surface area contributed by atoms with Crippen LogP contribution in [0.1, 0.15) is 19.4 Å². The van der Waals surface area contributed by atoms with Crippen LogP contribution in [0.5, 0.6) is 5.75 Å². The van der Waals surface area contributed by atoms with E-state index in [0.717, 1.165) is 21.7 Å². The molecule has 0 atom stereocenters. The first kappa shape index (κ1) is 26.6. The number of aromatic nitrogens is 1. The average molecular weight is 618 g/mol. The van der Waals surface area contributed by atoms with Gasteiger partial charge in [-0.15, -0.1) is 17.7 Å².